The van der Waals surface area contributed by atoms with E-state index in [-0.39, 0.29) is 31.6 Å². The normalized spacial score (nSPS) is 18.0. The molecule has 1 unspecified atom stereocenters. The van der Waals surface area contributed by atoms with Crippen LogP contribution in [0.5, 0.6) is 0 Å². The van der Waals surface area contributed by atoms with E-state index in [0.717, 1.165) is 17.9 Å². The van der Waals surface area contributed by atoms with Gasteiger partial charge in [-0.2, -0.15) is 18.3 Å². The van der Waals surface area contributed by atoms with E-state index in [0.29, 0.717) is 35.4 Å². The third-order valence-corrected chi connectivity index (χ3v) is 6.35. The minimum absolute atomic E-state index is 0.0424. The first-order valence-electron chi connectivity index (χ1n) is 13.2. The van der Waals surface area contributed by atoms with Gasteiger partial charge in [-0.15, -0.1) is 0 Å². The summed E-state index contributed by atoms with van der Waals surface area (Å²) < 4.78 is 73.3. The maximum atomic E-state index is 12.8. The van der Waals surface area contributed by atoms with Gasteiger partial charge in [0.15, 0.2) is 11.3 Å². The Labute approximate surface area is 237 Å². The van der Waals surface area contributed by atoms with Crippen LogP contribution in [0.25, 0.3) is 5.65 Å². The van der Waals surface area contributed by atoms with Crippen molar-refractivity contribution in [2.24, 2.45) is 0 Å². The van der Waals surface area contributed by atoms with Gasteiger partial charge in [-0.3, -0.25) is 4.79 Å². The Kier molecular flexibility index (Phi) is 11.1. The number of halogens is 5. The molecule has 0 aromatic carbocycles. The first-order valence-corrected chi connectivity index (χ1v) is 13.2. The molecule has 12 nitrogen and oxygen atoms in total. The van der Waals surface area contributed by atoms with Gasteiger partial charge in [0.05, 0.1) is 31.2 Å². The van der Waals surface area contributed by atoms with Gasteiger partial charge in [0.25, 0.3) is 5.91 Å². The number of imidazole rings is 1. The lowest BCUT2D eigenvalue weighted by molar-refractivity contribution is -0.149. The first kappa shape index (κ1) is 32.6. The fourth-order valence-electron chi connectivity index (χ4n) is 4.03. The average Bonchev–Trinajstić information content (AvgIpc) is 3.65. The number of ether oxygens (including phenoxy) is 1. The monoisotopic (exact) mass is 604 g/mol. The number of urea groups is 1. The summed E-state index contributed by atoms with van der Waals surface area (Å²) in [5.74, 6) is -2.79. The van der Waals surface area contributed by atoms with Crippen LogP contribution >= 0.6 is 0 Å². The molecule has 2 fully saturated rings. The Morgan fingerprint density at radius 3 is 2.45 bits per heavy atom. The number of aromatic nitrogens is 5. The highest BCUT2D eigenvalue weighted by Crippen LogP contribution is 2.32. The molecule has 1 aliphatic carbocycles. The molecule has 3 aromatic rings. The number of fused-ring (bicyclic) bond motifs is 1. The van der Waals surface area contributed by atoms with Crippen molar-refractivity contribution in [1.29, 1.82) is 0 Å². The Morgan fingerprint density at radius 2 is 1.93 bits per heavy atom. The quantitative estimate of drug-likeness (QED) is 0.402. The van der Waals surface area contributed by atoms with Crippen LogP contribution in [0.15, 0.2) is 23.1 Å². The fraction of sp³-hybridized carbons (Fsp3) is 0.600. The Balaban J connectivity index is 0.000000337. The standard InChI is InChI=1S/C16H15F3N8O3.C6H10F2.C3H8O/c1-8-13(25-30-24-8)14(28)20-4-10-6-27-12(22-10)2-9(3-21-27)5-26-7-11(16(17,18)19)23-15(26)29;7-6(8)4-2-1-3-5-6;1-3-4-2/h2-3,6,11H,4-5,7H2,1H3,(H,20,28)(H,23,29);1-5H2;3H2,1-2H3. The second kappa shape index (κ2) is 14.3. The van der Waals surface area contributed by atoms with Crippen molar-refractivity contribution in [3.63, 3.8) is 0 Å². The van der Waals surface area contributed by atoms with Crippen molar-refractivity contribution < 1.29 is 40.9 Å². The topological polar surface area (TPSA) is 140 Å². The molecule has 2 N–H and O–H groups in total. The number of amides is 3. The van der Waals surface area contributed by atoms with Crippen LogP contribution < -0.4 is 10.6 Å². The molecule has 3 amide bonds. The van der Waals surface area contributed by atoms with Crippen LogP contribution in [0.1, 0.15) is 66.5 Å². The molecule has 1 atom stereocenters. The van der Waals surface area contributed by atoms with E-state index < -0.39 is 36.6 Å². The molecule has 0 bridgehead atoms. The lowest BCUT2D eigenvalue weighted by Crippen LogP contribution is -2.40. The highest BCUT2D eigenvalue weighted by atomic mass is 19.4. The third-order valence-electron chi connectivity index (χ3n) is 6.35. The van der Waals surface area contributed by atoms with Gasteiger partial charge in [0.1, 0.15) is 11.7 Å². The Bertz CT molecular complexity index is 1320. The molecule has 4 heterocycles. The van der Waals surface area contributed by atoms with E-state index in [9.17, 15) is 31.5 Å². The number of nitrogens with zero attached hydrogens (tertiary/aromatic N) is 6. The van der Waals surface area contributed by atoms with Crippen LogP contribution in [-0.2, 0) is 17.8 Å². The van der Waals surface area contributed by atoms with Gasteiger partial charge in [0, 0.05) is 33.1 Å². The number of carbonyl (C=O) groups is 2. The summed E-state index contributed by atoms with van der Waals surface area (Å²) >= 11 is 0. The largest absolute Gasteiger partial charge is 0.410 e. The SMILES string of the molecule is CCOC.Cc1nonc1C(=O)NCc1cn2ncc(CN3CC(C(F)(F)F)NC3=O)cc2n1.FC1(F)CCCCC1. The zero-order valence-electron chi connectivity index (χ0n) is 23.4. The minimum atomic E-state index is -4.50. The zero-order chi connectivity index (χ0) is 30.9. The number of rotatable bonds is 6. The van der Waals surface area contributed by atoms with Gasteiger partial charge in [-0.1, -0.05) is 11.6 Å². The molecular weight excluding hydrogens is 571 g/mol. The van der Waals surface area contributed by atoms with E-state index in [4.69, 9.17) is 0 Å². The lowest BCUT2D eigenvalue weighted by atomic mass is 9.97. The van der Waals surface area contributed by atoms with E-state index >= 15 is 0 Å². The second-order valence-corrected chi connectivity index (χ2v) is 9.70. The van der Waals surface area contributed by atoms with Crippen LogP contribution in [-0.4, -0.2) is 80.2 Å². The van der Waals surface area contributed by atoms with Crippen LogP contribution in [0.3, 0.4) is 0 Å². The van der Waals surface area contributed by atoms with Gasteiger partial charge in [0.2, 0.25) is 5.92 Å². The molecule has 0 radical (unpaired) electrons. The maximum absolute atomic E-state index is 12.8. The summed E-state index contributed by atoms with van der Waals surface area (Å²) in [7, 11) is 1.68. The molecule has 5 rings (SSSR count). The molecule has 232 valence electrons. The van der Waals surface area contributed by atoms with Crippen molar-refractivity contribution in [1.82, 2.24) is 40.4 Å². The van der Waals surface area contributed by atoms with Crippen molar-refractivity contribution in [3.05, 3.63) is 41.1 Å². The molecule has 1 saturated heterocycles. The minimum Gasteiger partial charge on any atom is -0.385 e. The zero-order valence-corrected chi connectivity index (χ0v) is 23.4. The maximum Gasteiger partial charge on any atom is 0.410 e. The van der Waals surface area contributed by atoms with E-state index in [1.54, 1.807) is 26.3 Å². The molecule has 42 heavy (non-hydrogen) atoms. The number of aryl methyl sites for hydroxylation is 1. The van der Waals surface area contributed by atoms with Crippen LogP contribution in [0.2, 0.25) is 0 Å². The van der Waals surface area contributed by atoms with E-state index in [2.05, 4.69) is 35.1 Å². The number of hydrogen-bond donors (Lipinski definition) is 2. The van der Waals surface area contributed by atoms with E-state index in [1.165, 1.54) is 10.7 Å². The number of nitrogens with one attached hydrogen (secondary N) is 2. The van der Waals surface area contributed by atoms with Gasteiger partial charge >= 0.3 is 12.2 Å². The number of alkyl halides is 5. The third kappa shape index (κ3) is 9.32. The summed E-state index contributed by atoms with van der Waals surface area (Å²) in [5, 5.41) is 15.7. The summed E-state index contributed by atoms with van der Waals surface area (Å²) in [6, 6.07) is -1.08. The highest BCUT2D eigenvalue weighted by molar-refractivity contribution is 5.92. The second-order valence-electron chi connectivity index (χ2n) is 9.70. The van der Waals surface area contributed by atoms with Crippen molar-refractivity contribution in [3.8, 4) is 0 Å². The number of methoxy groups -OCH3 is 1. The molecule has 17 heteroatoms. The molecule has 0 spiro atoms. The first-order chi connectivity index (χ1) is 19.8. The van der Waals surface area contributed by atoms with E-state index in [1.807, 2.05) is 12.2 Å². The summed E-state index contributed by atoms with van der Waals surface area (Å²) in [6.07, 6.45) is 1.19. The smallest absolute Gasteiger partial charge is 0.385 e. The summed E-state index contributed by atoms with van der Waals surface area (Å²) in [5.41, 5.74) is 1.86. The average molecular weight is 605 g/mol. The summed E-state index contributed by atoms with van der Waals surface area (Å²) in [4.78, 5) is 29.2. The summed E-state index contributed by atoms with van der Waals surface area (Å²) in [6.45, 7) is 3.93. The molecule has 3 aromatic heterocycles. The molecule has 2 aliphatic rings. The number of hydrogen-bond acceptors (Lipinski definition) is 8. The van der Waals surface area contributed by atoms with Crippen LogP contribution in [0.4, 0.5) is 26.7 Å². The number of carbonyl (C=O) groups excluding carboxylic acids is 2. The van der Waals surface area contributed by atoms with Crippen molar-refractivity contribution in [2.75, 3.05) is 20.3 Å². The predicted octanol–water partition coefficient (Wildman–Crippen LogP) is 4.05. The van der Waals surface area contributed by atoms with Gasteiger partial charge in [-0.05, 0) is 43.5 Å². The molecule has 1 aliphatic heterocycles. The van der Waals surface area contributed by atoms with Gasteiger partial charge < -0.3 is 20.3 Å². The van der Waals surface area contributed by atoms with Crippen molar-refractivity contribution in [2.45, 2.75) is 77.2 Å². The Hall–Kier alpha value is -3.89. The highest BCUT2D eigenvalue weighted by Gasteiger charge is 2.46. The fourth-order valence-corrected chi connectivity index (χ4v) is 4.03. The Morgan fingerprint density at radius 1 is 1.24 bits per heavy atom. The van der Waals surface area contributed by atoms with Crippen molar-refractivity contribution >= 4 is 17.6 Å². The molecular formula is C25H33F5N8O4. The predicted molar refractivity (Wildman–Crippen MR) is 138 cm³/mol. The lowest BCUT2D eigenvalue weighted by Gasteiger charge is -2.20. The molecule has 1 saturated carbocycles. The van der Waals surface area contributed by atoms with Gasteiger partial charge in [-0.25, -0.2) is 27.7 Å². The van der Waals surface area contributed by atoms with Crippen LogP contribution in [0, 0.1) is 6.92 Å².